The molecular formula is C15H22Cl2N2. The zero-order valence-corrected chi connectivity index (χ0v) is 13.0. The summed E-state index contributed by atoms with van der Waals surface area (Å²) in [5.41, 5.74) is 1.23. The van der Waals surface area contributed by atoms with E-state index in [0.717, 1.165) is 26.2 Å². The quantitative estimate of drug-likeness (QED) is 0.885. The van der Waals surface area contributed by atoms with Crippen molar-refractivity contribution in [2.45, 2.75) is 38.8 Å². The van der Waals surface area contributed by atoms with Crippen molar-refractivity contribution in [3.63, 3.8) is 0 Å². The Morgan fingerprint density at radius 2 is 2.11 bits per heavy atom. The lowest BCUT2D eigenvalue weighted by atomic mass is 10.0. The van der Waals surface area contributed by atoms with E-state index in [1.54, 1.807) is 0 Å². The highest BCUT2D eigenvalue weighted by Crippen LogP contribution is 2.23. The van der Waals surface area contributed by atoms with Gasteiger partial charge in [0.2, 0.25) is 0 Å². The van der Waals surface area contributed by atoms with Gasteiger partial charge in [-0.25, -0.2) is 0 Å². The van der Waals surface area contributed by atoms with Gasteiger partial charge in [0.1, 0.15) is 0 Å². The highest BCUT2D eigenvalue weighted by Gasteiger charge is 2.16. The fourth-order valence-corrected chi connectivity index (χ4v) is 2.91. The van der Waals surface area contributed by atoms with Crippen LogP contribution in [-0.4, -0.2) is 30.6 Å². The maximum atomic E-state index is 6.07. The van der Waals surface area contributed by atoms with Crippen LogP contribution in [0.2, 0.25) is 10.0 Å². The summed E-state index contributed by atoms with van der Waals surface area (Å²) in [7, 11) is 0. The van der Waals surface area contributed by atoms with Gasteiger partial charge in [0.25, 0.3) is 0 Å². The van der Waals surface area contributed by atoms with Crippen molar-refractivity contribution in [2.75, 3.05) is 19.6 Å². The van der Waals surface area contributed by atoms with Crippen molar-refractivity contribution in [3.05, 3.63) is 33.8 Å². The average molecular weight is 301 g/mol. The first-order valence-corrected chi connectivity index (χ1v) is 7.84. The summed E-state index contributed by atoms with van der Waals surface area (Å²) in [4.78, 5) is 2.46. The van der Waals surface area contributed by atoms with Crippen molar-refractivity contribution in [1.82, 2.24) is 10.2 Å². The number of halogens is 2. The van der Waals surface area contributed by atoms with Crippen molar-refractivity contribution in [1.29, 1.82) is 0 Å². The summed E-state index contributed by atoms with van der Waals surface area (Å²) in [6.07, 6.45) is 3.95. The lowest BCUT2D eigenvalue weighted by Crippen LogP contribution is -2.43. The molecule has 1 atom stereocenters. The molecule has 1 fully saturated rings. The molecule has 1 heterocycles. The fourth-order valence-electron chi connectivity index (χ4n) is 2.59. The van der Waals surface area contributed by atoms with Gasteiger partial charge in [-0.05, 0) is 43.6 Å². The molecule has 2 rings (SSSR count). The first kappa shape index (κ1) is 15.1. The van der Waals surface area contributed by atoms with Gasteiger partial charge >= 0.3 is 0 Å². The van der Waals surface area contributed by atoms with E-state index in [1.165, 1.54) is 24.8 Å². The van der Waals surface area contributed by atoms with Gasteiger partial charge in [-0.3, -0.25) is 4.90 Å². The molecule has 0 radical (unpaired) electrons. The van der Waals surface area contributed by atoms with E-state index in [-0.39, 0.29) is 0 Å². The second kappa shape index (κ2) is 7.49. The second-order valence-corrected chi connectivity index (χ2v) is 6.04. The number of hydrogen-bond acceptors (Lipinski definition) is 2. The number of piperidine rings is 1. The topological polar surface area (TPSA) is 15.3 Å². The first-order valence-electron chi connectivity index (χ1n) is 7.08. The van der Waals surface area contributed by atoms with Crippen molar-refractivity contribution in [2.24, 2.45) is 0 Å². The SMILES string of the molecule is CCN(Cc1ccc(Cl)c(Cl)c1)CC1CCCCN1. The van der Waals surface area contributed by atoms with E-state index in [1.807, 2.05) is 12.1 Å². The molecule has 1 unspecified atom stereocenters. The molecule has 2 nitrogen and oxygen atoms in total. The highest BCUT2D eigenvalue weighted by molar-refractivity contribution is 6.42. The molecule has 0 aliphatic carbocycles. The van der Waals surface area contributed by atoms with E-state index < -0.39 is 0 Å². The van der Waals surface area contributed by atoms with Gasteiger partial charge in [0.05, 0.1) is 10.0 Å². The Balaban J connectivity index is 1.92. The maximum Gasteiger partial charge on any atom is 0.0595 e. The van der Waals surface area contributed by atoms with Gasteiger partial charge in [0, 0.05) is 19.1 Å². The van der Waals surface area contributed by atoms with Crippen LogP contribution in [0, 0.1) is 0 Å². The summed E-state index contributed by atoms with van der Waals surface area (Å²) in [5.74, 6) is 0. The number of likely N-dealkylation sites (N-methyl/N-ethyl adjacent to an activating group) is 1. The van der Waals surface area contributed by atoms with Gasteiger partial charge in [-0.15, -0.1) is 0 Å². The third-order valence-corrected chi connectivity index (χ3v) is 4.47. The predicted molar refractivity (Wildman–Crippen MR) is 83.1 cm³/mol. The van der Waals surface area contributed by atoms with E-state index in [4.69, 9.17) is 23.2 Å². The largest absolute Gasteiger partial charge is 0.313 e. The van der Waals surface area contributed by atoms with Crippen LogP contribution in [0.15, 0.2) is 18.2 Å². The van der Waals surface area contributed by atoms with Gasteiger partial charge in [-0.1, -0.05) is 42.6 Å². The zero-order chi connectivity index (χ0) is 13.7. The van der Waals surface area contributed by atoms with Crippen LogP contribution in [0.3, 0.4) is 0 Å². The van der Waals surface area contributed by atoms with Crippen LogP contribution in [0.1, 0.15) is 31.7 Å². The molecule has 0 amide bonds. The molecule has 1 saturated heterocycles. The lowest BCUT2D eigenvalue weighted by Gasteiger charge is -2.30. The van der Waals surface area contributed by atoms with Crippen LogP contribution in [-0.2, 0) is 6.54 Å². The molecule has 4 heteroatoms. The first-order chi connectivity index (χ1) is 9.19. The molecule has 0 bridgehead atoms. The number of benzene rings is 1. The molecule has 1 aromatic carbocycles. The molecule has 1 aliphatic rings. The van der Waals surface area contributed by atoms with E-state index >= 15 is 0 Å². The molecule has 1 N–H and O–H groups in total. The molecule has 0 aromatic heterocycles. The summed E-state index contributed by atoms with van der Waals surface area (Å²) < 4.78 is 0. The summed E-state index contributed by atoms with van der Waals surface area (Å²) in [6.45, 7) is 6.47. The van der Waals surface area contributed by atoms with Crippen molar-refractivity contribution < 1.29 is 0 Å². The van der Waals surface area contributed by atoms with E-state index in [9.17, 15) is 0 Å². The predicted octanol–water partition coefficient (Wildman–Crippen LogP) is 3.96. The number of nitrogens with zero attached hydrogens (tertiary/aromatic N) is 1. The Morgan fingerprint density at radius 1 is 1.26 bits per heavy atom. The standard InChI is InChI=1S/C15H22Cl2N2/c1-2-19(11-13-5-3-4-8-18-13)10-12-6-7-14(16)15(17)9-12/h6-7,9,13,18H,2-5,8,10-11H2,1H3. The van der Waals surface area contributed by atoms with Crippen LogP contribution in [0.25, 0.3) is 0 Å². The normalized spacial score (nSPS) is 19.9. The number of nitrogens with one attached hydrogen (secondary N) is 1. The summed E-state index contributed by atoms with van der Waals surface area (Å²) in [5, 5.41) is 4.87. The number of rotatable bonds is 5. The Labute approximate surface area is 126 Å². The monoisotopic (exact) mass is 300 g/mol. The molecule has 1 aliphatic heterocycles. The Kier molecular flexibility index (Phi) is 5.96. The zero-order valence-electron chi connectivity index (χ0n) is 11.5. The maximum absolute atomic E-state index is 6.07. The Hall–Kier alpha value is -0.280. The van der Waals surface area contributed by atoms with Crippen molar-refractivity contribution in [3.8, 4) is 0 Å². The molecule has 1 aromatic rings. The number of hydrogen-bond donors (Lipinski definition) is 1. The highest BCUT2D eigenvalue weighted by atomic mass is 35.5. The minimum atomic E-state index is 0.627. The lowest BCUT2D eigenvalue weighted by molar-refractivity contribution is 0.226. The minimum absolute atomic E-state index is 0.627. The van der Waals surface area contributed by atoms with Crippen LogP contribution in [0.4, 0.5) is 0 Å². The summed E-state index contributed by atoms with van der Waals surface area (Å²) >= 11 is 12.0. The molecule has 19 heavy (non-hydrogen) atoms. The third kappa shape index (κ3) is 4.64. The van der Waals surface area contributed by atoms with Gasteiger partial charge in [-0.2, -0.15) is 0 Å². The smallest absolute Gasteiger partial charge is 0.0595 e. The van der Waals surface area contributed by atoms with Crippen molar-refractivity contribution >= 4 is 23.2 Å². The Morgan fingerprint density at radius 3 is 2.74 bits per heavy atom. The minimum Gasteiger partial charge on any atom is -0.313 e. The van der Waals surface area contributed by atoms with Gasteiger partial charge in [0.15, 0.2) is 0 Å². The summed E-state index contributed by atoms with van der Waals surface area (Å²) in [6, 6.07) is 6.55. The van der Waals surface area contributed by atoms with E-state index in [0.29, 0.717) is 16.1 Å². The molecular weight excluding hydrogens is 279 g/mol. The van der Waals surface area contributed by atoms with E-state index in [2.05, 4.69) is 23.2 Å². The molecule has 0 spiro atoms. The molecule has 0 saturated carbocycles. The average Bonchev–Trinajstić information content (AvgIpc) is 2.43. The van der Waals surface area contributed by atoms with Crippen LogP contribution in [0.5, 0.6) is 0 Å². The molecule has 106 valence electrons. The third-order valence-electron chi connectivity index (χ3n) is 3.73. The van der Waals surface area contributed by atoms with Crippen LogP contribution >= 0.6 is 23.2 Å². The Bertz CT molecular complexity index is 403. The second-order valence-electron chi connectivity index (χ2n) is 5.22. The fraction of sp³-hybridized carbons (Fsp3) is 0.600. The van der Waals surface area contributed by atoms with Gasteiger partial charge < -0.3 is 5.32 Å². The van der Waals surface area contributed by atoms with Crippen LogP contribution < -0.4 is 5.32 Å².